The van der Waals surface area contributed by atoms with Crippen LogP contribution in [0.4, 0.5) is 4.79 Å². The van der Waals surface area contributed by atoms with Crippen molar-refractivity contribution in [3.63, 3.8) is 0 Å². The van der Waals surface area contributed by atoms with Crippen LogP contribution in [0.25, 0.3) is 16.8 Å². The van der Waals surface area contributed by atoms with Gasteiger partial charge in [-0.15, -0.1) is 0 Å². The van der Waals surface area contributed by atoms with E-state index in [0.29, 0.717) is 28.3 Å². The van der Waals surface area contributed by atoms with Gasteiger partial charge in [-0.25, -0.2) is 14.3 Å². The number of carbonyl (C=O) groups is 1. The SMILES string of the molecule is CC(OC(=O)n1ccnc1)C1C=Cc2c(c(O)c3ccccc3c2O)C1. The first-order valence-electron chi connectivity index (χ1n) is 8.39. The van der Waals surface area contributed by atoms with Gasteiger partial charge in [-0.1, -0.05) is 36.4 Å². The highest BCUT2D eigenvalue weighted by Crippen LogP contribution is 2.43. The Morgan fingerprint density at radius 3 is 2.69 bits per heavy atom. The fourth-order valence-electron chi connectivity index (χ4n) is 3.38. The van der Waals surface area contributed by atoms with Crippen LogP contribution in [-0.4, -0.2) is 32.0 Å². The van der Waals surface area contributed by atoms with Gasteiger partial charge in [0.05, 0.1) is 0 Å². The second kappa shape index (κ2) is 6.22. The van der Waals surface area contributed by atoms with Crippen LogP contribution in [0.2, 0.25) is 0 Å². The maximum Gasteiger partial charge on any atom is 0.419 e. The van der Waals surface area contributed by atoms with E-state index in [-0.39, 0.29) is 17.4 Å². The Bertz CT molecular complexity index is 1010. The monoisotopic (exact) mass is 350 g/mol. The number of ether oxygens (including phenoxy) is 1. The van der Waals surface area contributed by atoms with Crippen molar-refractivity contribution in [1.29, 1.82) is 0 Å². The van der Waals surface area contributed by atoms with Gasteiger partial charge in [0.25, 0.3) is 0 Å². The molecular weight excluding hydrogens is 332 g/mol. The minimum absolute atomic E-state index is 0.110. The fourth-order valence-corrected chi connectivity index (χ4v) is 3.38. The Morgan fingerprint density at radius 1 is 1.27 bits per heavy atom. The number of nitrogens with zero attached hydrogens (tertiary/aromatic N) is 2. The number of hydrogen-bond acceptors (Lipinski definition) is 5. The molecule has 132 valence electrons. The van der Waals surface area contributed by atoms with Gasteiger partial charge in [0.2, 0.25) is 0 Å². The van der Waals surface area contributed by atoms with E-state index < -0.39 is 12.2 Å². The van der Waals surface area contributed by atoms with Crippen molar-refractivity contribution in [2.75, 3.05) is 0 Å². The highest BCUT2D eigenvalue weighted by atomic mass is 16.6. The van der Waals surface area contributed by atoms with Gasteiger partial charge in [-0.05, 0) is 13.3 Å². The van der Waals surface area contributed by atoms with E-state index in [2.05, 4.69) is 4.98 Å². The predicted molar refractivity (Wildman–Crippen MR) is 97.1 cm³/mol. The summed E-state index contributed by atoms with van der Waals surface area (Å²) in [6.45, 7) is 1.81. The number of rotatable bonds is 2. The molecular formula is C20H18N2O4. The number of fused-ring (bicyclic) bond motifs is 2. The molecule has 0 saturated carbocycles. The summed E-state index contributed by atoms with van der Waals surface area (Å²) in [7, 11) is 0. The van der Waals surface area contributed by atoms with Gasteiger partial charge >= 0.3 is 6.09 Å². The van der Waals surface area contributed by atoms with E-state index in [1.165, 1.54) is 23.3 Å². The lowest BCUT2D eigenvalue weighted by molar-refractivity contribution is 0.0855. The molecule has 2 unspecified atom stereocenters. The molecule has 0 bridgehead atoms. The minimum atomic E-state index is -0.500. The summed E-state index contributed by atoms with van der Waals surface area (Å²) < 4.78 is 6.77. The molecule has 2 aromatic carbocycles. The zero-order valence-corrected chi connectivity index (χ0v) is 14.2. The summed E-state index contributed by atoms with van der Waals surface area (Å²) in [5.74, 6) is 0.212. The van der Waals surface area contributed by atoms with Crippen LogP contribution < -0.4 is 0 Å². The molecule has 0 spiro atoms. The smallest absolute Gasteiger partial charge is 0.419 e. The standard InChI is InChI=1S/C20H18N2O4/c1-12(26-20(25)22-9-8-21-11-22)13-6-7-16-17(10-13)19(24)15-5-3-2-4-14(15)18(16)23/h2-9,11-13,23-24H,10H2,1H3. The predicted octanol–water partition coefficient (Wildman–Crippen LogP) is 3.71. The molecule has 3 aromatic rings. The Balaban J connectivity index is 1.63. The summed E-state index contributed by atoms with van der Waals surface area (Å²) in [4.78, 5) is 15.9. The van der Waals surface area contributed by atoms with E-state index in [9.17, 15) is 15.0 Å². The van der Waals surface area contributed by atoms with Gasteiger partial charge in [-0.2, -0.15) is 0 Å². The van der Waals surface area contributed by atoms with Gasteiger partial charge in [0.1, 0.15) is 23.9 Å². The number of phenols is 2. The average Bonchev–Trinajstić information content (AvgIpc) is 3.20. The molecule has 1 aliphatic rings. The molecule has 0 fully saturated rings. The maximum atomic E-state index is 12.1. The lowest BCUT2D eigenvalue weighted by Crippen LogP contribution is -2.27. The van der Waals surface area contributed by atoms with E-state index >= 15 is 0 Å². The molecule has 1 heterocycles. The molecule has 0 amide bonds. The quantitative estimate of drug-likeness (QED) is 0.688. The van der Waals surface area contributed by atoms with Crippen molar-refractivity contribution in [2.45, 2.75) is 19.4 Å². The second-order valence-electron chi connectivity index (χ2n) is 6.42. The number of phenolic OH excluding ortho intramolecular Hbond substituents is 2. The van der Waals surface area contributed by atoms with Crippen molar-refractivity contribution in [3.05, 3.63) is 60.2 Å². The van der Waals surface area contributed by atoms with Crippen LogP contribution >= 0.6 is 0 Å². The van der Waals surface area contributed by atoms with Crippen molar-refractivity contribution in [1.82, 2.24) is 9.55 Å². The second-order valence-corrected chi connectivity index (χ2v) is 6.42. The minimum Gasteiger partial charge on any atom is -0.507 e. The molecule has 4 rings (SSSR count). The highest BCUT2D eigenvalue weighted by molar-refractivity contribution is 5.98. The number of imidazole rings is 1. The van der Waals surface area contributed by atoms with Crippen molar-refractivity contribution in [3.8, 4) is 11.5 Å². The molecule has 0 radical (unpaired) electrons. The third kappa shape index (κ3) is 2.60. The summed E-state index contributed by atoms with van der Waals surface area (Å²) in [5.41, 5.74) is 1.28. The number of aromatic hydroxyl groups is 2. The number of aromatic nitrogens is 2. The first-order valence-corrected chi connectivity index (χ1v) is 8.39. The average molecular weight is 350 g/mol. The number of hydrogen-bond donors (Lipinski definition) is 2. The Morgan fingerprint density at radius 2 is 2.00 bits per heavy atom. The zero-order chi connectivity index (χ0) is 18.3. The molecule has 0 aliphatic heterocycles. The molecule has 0 saturated heterocycles. The first kappa shape index (κ1) is 16.2. The van der Waals surface area contributed by atoms with Crippen LogP contribution in [0.3, 0.4) is 0 Å². The Labute approximate surface area is 150 Å². The van der Waals surface area contributed by atoms with Gasteiger partial charge in [-0.3, -0.25) is 0 Å². The largest absolute Gasteiger partial charge is 0.507 e. The summed E-state index contributed by atoms with van der Waals surface area (Å²) in [6.07, 6.45) is 7.67. The van der Waals surface area contributed by atoms with Crippen molar-refractivity contribution < 1.29 is 19.7 Å². The zero-order valence-electron chi connectivity index (χ0n) is 14.2. The van der Waals surface area contributed by atoms with E-state index in [4.69, 9.17) is 4.74 Å². The Kier molecular flexibility index (Phi) is 3.88. The summed E-state index contributed by atoms with van der Waals surface area (Å²) in [6, 6.07) is 7.20. The summed E-state index contributed by atoms with van der Waals surface area (Å²) >= 11 is 0. The lowest BCUT2D eigenvalue weighted by atomic mass is 9.84. The highest BCUT2D eigenvalue weighted by Gasteiger charge is 2.27. The topological polar surface area (TPSA) is 84.6 Å². The molecule has 1 aliphatic carbocycles. The third-order valence-corrected chi connectivity index (χ3v) is 4.86. The lowest BCUT2D eigenvalue weighted by Gasteiger charge is -2.26. The van der Waals surface area contributed by atoms with E-state index in [1.54, 1.807) is 18.2 Å². The summed E-state index contributed by atoms with van der Waals surface area (Å²) in [5, 5.41) is 22.5. The fraction of sp³-hybridized carbons (Fsp3) is 0.200. The molecule has 6 heteroatoms. The normalized spacial score (nSPS) is 17.0. The molecule has 2 N–H and O–H groups in total. The Hall–Kier alpha value is -3.28. The molecule has 26 heavy (non-hydrogen) atoms. The molecule has 2 atom stereocenters. The van der Waals surface area contributed by atoms with Crippen LogP contribution in [-0.2, 0) is 11.2 Å². The molecule has 6 nitrogen and oxygen atoms in total. The van der Waals surface area contributed by atoms with Crippen LogP contribution in [0, 0.1) is 5.92 Å². The van der Waals surface area contributed by atoms with Crippen LogP contribution in [0.15, 0.2) is 49.1 Å². The third-order valence-electron chi connectivity index (χ3n) is 4.86. The molecule has 1 aromatic heterocycles. The van der Waals surface area contributed by atoms with Crippen molar-refractivity contribution >= 4 is 22.9 Å². The number of benzene rings is 2. The van der Waals surface area contributed by atoms with Crippen LogP contribution in [0.1, 0.15) is 18.1 Å². The van der Waals surface area contributed by atoms with E-state index in [0.717, 1.165) is 0 Å². The maximum absolute atomic E-state index is 12.1. The number of carbonyl (C=O) groups excluding carboxylic acids is 1. The van der Waals surface area contributed by atoms with Gasteiger partial charge in [0.15, 0.2) is 0 Å². The van der Waals surface area contributed by atoms with Gasteiger partial charge < -0.3 is 14.9 Å². The van der Waals surface area contributed by atoms with Crippen LogP contribution in [0.5, 0.6) is 11.5 Å². The van der Waals surface area contributed by atoms with E-state index in [1.807, 2.05) is 25.1 Å². The van der Waals surface area contributed by atoms with Gasteiger partial charge in [0, 0.05) is 40.2 Å². The first-order chi connectivity index (χ1) is 12.6. The van der Waals surface area contributed by atoms with Crippen molar-refractivity contribution in [2.24, 2.45) is 5.92 Å².